The fourth-order valence-electron chi connectivity index (χ4n) is 4.45. The molecule has 0 amide bonds. The minimum Gasteiger partial charge on any atom is -0.438 e. The summed E-state index contributed by atoms with van der Waals surface area (Å²) < 4.78 is 5.76. The van der Waals surface area contributed by atoms with E-state index in [2.05, 4.69) is 45.0 Å². The first kappa shape index (κ1) is 16.2. The zero-order chi connectivity index (χ0) is 18.1. The molecule has 0 saturated carbocycles. The second-order valence-electron chi connectivity index (χ2n) is 7.72. The smallest absolute Gasteiger partial charge is 0.230 e. The summed E-state index contributed by atoms with van der Waals surface area (Å²) in [5.41, 5.74) is 9.83. The van der Waals surface area contributed by atoms with Crippen LogP contribution in [0, 0.1) is 5.41 Å². The Morgan fingerprint density at radius 3 is 2.15 bits per heavy atom. The van der Waals surface area contributed by atoms with Crippen LogP contribution in [0.3, 0.4) is 0 Å². The van der Waals surface area contributed by atoms with Crippen LogP contribution in [0.4, 0.5) is 0 Å². The summed E-state index contributed by atoms with van der Waals surface area (Å²) in [6.45, 7) is 2.06. The van der Waals surface area contributed by atoms with Crippen molar-refractivity contribution in [3.63, 3.8) is 0 Å². The highest BCUT2D eigenvalue weighted by Crippen LogP contribution is 2.44. The van der Waals surface area contributed by atoms with Crippen LogP contribution in [0.25, 0.3) is 0 Å². The van der Waals surface area contributed by atoms with Gasteiger partial charge in [-0.2, -0.15) is 0 Å². The lowest BCUT2D eigenvalue weighted by Gasteiger charge is -2.41. The van der Waals surface area contributed by atoms with Crippen LogP contribution in [-0.2, 0) is 12.8 Å². The number of fused-ring (bicyclic) bond motifs is 1. The average Bonchev–Trinajstić information content (AvgIpc) is 3.08. The molecule has 2 N–H and O–H groups in total. The van der Waals surface area contributed by atoms with Crippen molar-refractivity contribution < 1.29 is 4.74 Å². The standard InChI is InChI=1S/C22H24N4O/c1-2-8-19(9-3-1)27-20-16-23-21(25-24-20)26-12-10-22(11-13-26)14-17-6-4-5-7-18(17)15-22/h1-9,16,24H,10-15H2,(H,23,25). The first-order valence-corrected chi connectivity index (χ1v) is 9.64. The molecule has 2 heterocycles. The van der Waals surface area contributed by atoms with Crippen LogP contribution >= 0.6 is 0 Å². The quantitative estimate of drug-likeness (QED) is 0.863. The van der Waals surface area contributed by atoms with Crippen molar-refractivity contribution in [1.82, 2.24) is 15.8 Å². The molecule has 0 atom stereocenters. The number of ether oxygens (including phenoxy) is 1. The molecule has 0 radical (unpaired) electrons. The van der Waals surface area contributed by atoms with Crippen LogP contribution in [-0.4, -0.2) is 23.9 Å². The molecule has 5 rings (SSSR count). The van der Waals surface area contributed by atoms with Crippen LogP contribution in [0.5, 0.6) is 5.75 Å². The third-order valence-electron chi connectivity index (χ3n) is 5.95. The molecule has 1 spiro atoms. The summed E-state index contributed by atoms with van der Waals surface area (Å²) in [5.74, 6) is 2.27. The molecular formula is C22H24N4O. The van der Waals surface area contributed by atoms with Crippen molar-refractivity contribution in [3.8, 4) is 5.75 Å². The maximum Gasteiger partial charge on any atom is 0.230 e. The Kier molecular flexibility index (Phi) is 4.00. The topological polar surface area (TPSA) is 48.9 Å². The van der Waals surface area contributed by atoms with Crippen molar-refractivity contribution in [1.29, 1.82) is 0 Å². The zero-order valence-corrected chi connectivity index (χ0v) is 15.3. The van der Waals surface area contributed by atoms with Crippen molar-refractivity contribution in [2.24, 2.45) is 10.4 Å². The average molecular weight is 360 g/mol. The fraction of sp³-hybridized carbons (Fsp3) is 0.318. The molecule has 0 unspecified atom stereocenters. The molecule has 2 aromatic carbocycles. The third kappa shape index (κ3) is 3.25. The van der Waals surface area contributed by atoms with Crippen molar-refractivity contribution in [2.45, 2.75) is 25.7 Å². The molecule has 2 aliphatic heterocycles. The van der Waals surface area contributed by atoms with Crippen molar-refractivity contribution in [3.05, 3.63) is 77.8 Å². The number of piperidine rings is 1. The van der Waals surface area contributed by atoms with Gasteiger partial charge in [-0.05, 0) is 54.4 Å². The largest absolute Gasteiger partial charge is 0.438 e. The van der Waals surface area contributed by atoms with E-state index in [0.29, 0.717) is 11.3 Å². The highest BCUT2D eigenvalue weighted by Gasteiger charge is 2.40. The van der Waals surface area contributed by atoms with E-state index in [1.165, 1.54) is 25.7 Å². The summed E-state index contributed by atoms with van der Waals surface area (Å²) in [6.07, 6.45) is 6.61. The Hall–Kier alpha value is -2.95. The van der Waals surface area contributed by atoms with E-state index in [1.54, 1.807) is 17.3 Å². The highest BCUT2D eigenvalue weighted by atomic mass is 16.5. The summed E-state index contributed by atoms with van der Waals surface area (Å²) in [5, 5.41) is 0. The number of rotatable bonds is 2. The third-order valence-corrected chi connectivity index (χ3v) is 5.95. The fourth-order valence-corrected chi connectivity index (χ4v) is 4.45. The zero-order valence-electron chi connectivity index (χ0n) is 15.3. The molecule has 27 heavy (non-hydrogen) atoms. The van der Waals surface area contributed by atoms with Crippen LogP contribution < -0.4 is 15.6 Å². The number of nitrogens with zero attached hydrogens (tertiary/aromatic N) is 2. The lowest BCUT2D eigenvalue weighted by atomic mass is 9.76. The van der Waals surface area contributed by atoms with Gasteiger partial charge in [0, 0.05) is 13.1 Å². The number of guanidine groups is 1. The van der Waals surface area contributed by atoms with Crippen LogP contribution in [0.2, 0.25) is 0 Å². The van der Waals surface area contributed by atoms with E-state index in [9.17, 15) is 0 Å². The predicted molar refractivity (Wildman–Crippen MR) is 106 cm³/mol. The van der Waals surface area contributed by atoms with E-state index in [-0.39, 0.29) is 0 Å². The lowest BCUT2D eigenvalue weighted by Crippen LogP contribution is -2.53. The van der Waals surface area contributed by atoms with Gasteiger partial charge in [-0.1, -0.05) is 42.5 Å². The predicted octanol–water partition coefficient (Wildman–Crippen LogP) is 3.21. The molecule has 0 bridgehead atoms. The maximum atomic E-state index is 5.76. The Bertz CT molecular complexity index is 855. The van der Waals surface area contributed by atoms with E-state index in [1.807, 2.05) is 30.3 Å². The van der Waals surface area contributed by atoms with Gasteiger partial charge >= 0.3 is 0 Å². The number of hydrogen-bond acceptors (Lipinski definition) is 5. The normalized spacial score (nSPS) is 20.2. The second-order valence-corrected chi connectivity index (χ2v) is 7.72. The minimum absolute atomic E-state index is 0.445. The van der Waals surface area contributed by atoms with Gasteiger partial charge in [0.25, 0.3) is 0 Å². The summed E-state index contributed by atoms with van der Waals surface area (Å²) in [7, 11) is 0. The van der Waals surface area contributed by atoms with Gasteiger partial charge in [0.1, 0.15) is 5.75 Å². The lowest BCUT2D eigenvalue weighted by molar-refractivity contribution is 0.154. The molecule has 0 aromatic heterocycles. The number of hydrogen-bond donors (Lipinski definition) is 2. The van der Waals surface area contributed by atoms with Gasteiger partial charge in [0.15, 0.2) is 0 Å². The summed E-state index contributed by atoms with van der Waals surface area (Å²) >= 11 is 0. The van der Waals surface area contributed by atoms with E-state index < -0.39 is 0 Å². The number of para-hydroxylation sites is 1. The summed E-state index contributed by atoms with van der Waals surface area (Å²) in [6, 6.07) is 18.6. The first-order valence-electron chi connectivity index (χ1n) is 9.64. The first-order chi connectivity index (χ1) is 13.3. The number of aliphatic imine (C=N–C) groups is 1. The Morgan fingerprint density at radius 1 is 0.852 bits per heavy atom. The minimum atomic E-state index is 0.445. The van der Waals surface area contributed by atoms with Gasteiger partial charge in [0.2, 0.25) is 11.8 Å². The Labute approximate surface area is 159 Å². The monoisotopic (exact) mass is 360 g/mol. The van der Waals surface area contributed by atoms with Crippen LogP contribution in [0.15, 0.2) is 71.7 Å². The summed E-state index contributed by atoms with van der Waals surface area (Å²) in [4.78, 5) is 6.90. The number of likely N-dealkylation sites (tertiary alicyclic amines) is 1. The molecular weight excluding hydrogens is 336 g/mol. The highest BCUT2D eigenvalue weighted by molar-refractivity contribution is 5.81. The van der Waals surface area contributed by atoms with Gasteiger partial charge in [-0.25, -0.2) is 4.99 Å². The van der Waals surface area contributed by atoms with E-state index in [4.69, 9.17) is 4.74 Å². The molecule has 1 aliphatic carbocycles. The van der Waals surface area contributed by atoms with Crippen molar-refractivity contribution in [2.75, 3.05) is 13.1 Å². The van der Waals surface area contributed by atoms with E-state index in [0.717, 1.165) is 24.8 Å². The second kappa shape index (κ2) is 6.65. The van der Waals surface area contributed by atoms with E-state index >= 15 is 0 Å². The molecule has 5 nitrogen and oxygen atoms in total. The van der Waals surface area contributed by atoms with Crippen molar-refractivity contribution >= 4 is 5.96 Å². The molecule has 138 valence electrons. The van der Waals surface area contributed by atoms with Crippen LogP contribution in [0.1, 0.15) is 24.0 Å². The number of nitrogens with one attached hydrogen (secondary N) is 2. The number of benzene rings is 2. The molecule has 5 heteroatoms. The maximum absolute atomic E-state index is 5.76. The molecule has 3 aliphatic rings. The molecule has 1 saturated heterocycles. The van der Waals surface area contributed by atoms with Gasteiger partial charge in [-0.15, -0.1) is 0 Å². The van der Waals surface area contributed by atoms with Gasteiger partial charge in [-0.3, -0.25) is 10.9 Å². The molecule has 2 aromatic rings. The van der Waals surface area contributed by atoms with Gasteiger partial charge < -0.3 is 9.64 Å². The Balaban J connectivity index is 1.21. The number of hydrazine groups is 1. The Morgan fingerprint density at radius 2 is 1.52 bits per heavy atom. The SMILES string of the molecule is C1=C(Oc2ccccc2)NNC(N2CCC3(CC2)Cc2ccccc2C3)=N1. The van der Waals surface area contributed by atoms with Gasteiger partial charge in [0.05, 0.1) is 6.20 Å². The molecule has 1 fully saturated rings.